The molecule has 0 spiro atoms. The highest BCUT2D eigenvalue weighted by Gasteiger charge is 2.10. The molecule has 0 aliphatic rings. The van der Waals surface area contributed by atoms with Crippen LogP contribution in [0, 0.1) is 0 Å². The van der Waals surface area contributed by atoms with Crippen LogP contribution in [-0.2, 0) is 0 Å². The summed E-state index contributed by atoms with van der Waals surface area (Å²) in [4.78, 5) is 11.9. The van der Waals surface area contributed by atoms with Crippen LogP contribution in [0.25, 0.3) is 21.7 Å². The van der Waals surface area contributed by atoms with Gasteiger partial charge in [0.25, 0.3) is 0 Å². The first kappa shape index (κ1) is 9.90. The largest absolute Gasteiger partial charge is 0.496 e. The van der Waals surface area contributed by atoms with Crippen LogP contribution in [0.5, 0.6) is 5.75 Å². The quantitative estimate of drug-likeness (QED) is 0.473. The van der Waals surface area contributed by atoms with E-state index in [1.807, 2.05) is 30.3 Å². The lowest BCUT2D eigenvalue weighted by Crippen LogP contribution is -2.01. The molecule has 3 nitrogen and oxygen atoms in total. The summed E-state index contributed by atoms with van der Waals surface area (Å²) >= 11 is 0. The predicted molar refractivity (Wildman–Crippen MR) is 66.5 cm³/mol. The molecule has 0 amide bonds. The smallest absolute Gasteiger partial charge is 0.347 e. The Hall–Kier alpha value is -2.29. The molecule has 0 N–H and O–H groups in total. The lowest BCUT2D eigenvalue weighted by Gasteiger charge is -2.05. The van der Waals surface area contributed by atoms with Crippen molar-refractivity contribution in [2.75, 3.05) is 7.11 Å². The zero-order chi connectivity index (χ0) is 11.8. The highest BCUT2D eigenvalue weighted by atomic mass is 16.5. The van der Waals surface area contributed by atoms with Gasteiger partial charge in [0.1, 0.15) is 16.7 Å². The van der Waals surface area contributed by atoms with Gasteiger partial charge >= 0.3 is 5.63 Å². The lowest BCUT2D eigenvalue weighted by molar-refractivity contribution is 0.418. The maximum atomic E-state index is 11.9. The van der Waals surface area contributed by atoms with E-state index in [0.29, 0.717) is 16.7 Å². The van der Waals surface area contributed by atoms with Gasteiger partial charge in [0, 0.05) is 10.8 Å². The van der Waals surface area contributed by atoms with E-state index in [1.165, 1.54) is 0 Å². The number of benzene rings is 2. The fraction of sp³-hybridized carbons (Fsp3) is 0.0714. The molecule has 0 fully saturated rings. The molecule has 0 bridgehead atoms. The van der Waals surface area contributed by atoms with E-state index in [-0.39, 0.29) is 5.63 Å². The molecule has 1 heterocycles. The second-order valence-corrected chi connectivity index (χ2v) is 3.77. The molecular weight excluding hydrogens is 216 g/mol. The molecular formula is C14H10O3. The number of methoxy groups -OCH3 is 1. The molecule has 3 rings (SSSR count). The number of para-hydroxylation sites is 1. The Labute approximate surface area is 97.2 Å². The van der Waals surface area contributed by atoms with Crippen molar-refractivity contribution in [3.63, 3.8) is 0 Å². The van der Waals surface area contributed by atoms with Crippen molar-refractivity contribution in [1.29, 1.82) is 0 Å². The van der Waals surface area contributed by atoms with Crippen molar-refractivity contribution in [3.8, 4) is 5.75 Å². The minimum atomic E-state index is -0.365. The van der Waals surface area contributed by atoms with E-state index in [9.17, 15) is 4.79 Å². The number of rotatable bonds is 1. The summed E-state index contributed by atoms with van der Waals surface area (Å²) in [7, 11) is 1.55. The molecule has 0 unspecified atom stereocenters. The van der Waals surface area contributed by atoms with E-state index < -0.39 is 0 Å². The average Bonchev–Trinajstić information content (AvgIpc) is 2.38. The SMILES string of the molecule is COc1cccc2c1c(=O)oc1ccccc12. The van der Waals surface area contributed by atoms with E-state index in [1.54, 1.807) is 19.2 Å². The predicted octanol–water partition coefficient (Wildman–Crippen LogP) is 2.95. The Kier molecular flexibility index (Phi) is 2.11. The summed E-state index contributed by atoms with van der Waals surface area (Å²) in [5.74, 6) is 0.544. The van der Waals surface area contributed by atoms with Crippen LogP contribution in [0.2, 0.25) is 0 Å². The van der Waals surface area contributed by atoms with Crippen molar-refractivity contribution < 1.29 is 9.15 Å². The molecule has 1 aromatic heterocycles. The van der Waals surface area contributed by atoms with Gasteiger partial charge in [-0.3, -0.25) is 0 Å². The molecule has 0 atom stereocenters. The fourth-order valence-electron chi connectivity index (χ4n) is 2.07. The van der Waals surface area contributed by atoms with E-state index in [0.717, 1.165) is 10.8 Å². The first-order chi connectivity index (χ1) is 8.31. The summed E-state index contributed by atoms with van der Waals surface area (Å²) in [5, 5.41) is 2.27. The van der Waals surface area contributed by atoms with Crippen LogP contribution in [-0.4, -0.2) is 7.11 Å². The third kappa shape index (κ3) is 1.40. The van der Waals surface area contributed by atoms with Crippen molar-refractivity contribution in [2.24, 2.45) is 0 Å². The second kappa shape index (κ2) is 3.63. The van der Waals surface area contributed by atoms with Gasteiger partial charge in [0.05, 0.1) is 7.11 Å². The van der Waals surface area contributed by atoms with Gasteiger partial charge in [0.2, 0.25) is 0 Å². The molecule has 0 aliphatic carbocycles. The Morgan fingerprint density at radius 3 is 2.59 bits per heavy atom. The van der Waals surface area contributed by atoms with E-state index in [2.05, 4.69) is 0 Å². The Bertz CT molecular complexity index is 756. The minimum absolute atomic E-state index is 0.365. The molecule has 0 saturated carbocycles. The van der Waals surface area contributed by atoms with Gasteiger partial charge in [-0.2, -0.15) is 0 Å². The number of fused-ring (bicyclic) bond motifs is 3. The number of ether oxygens (including phenoxy) is 1. The van der Waals surface area contributed by atoms with E-state index >= 15 is 0 Å². The van der Waals surface area contributed by atoms with Gasteiger partial charge < -0.3 is 9.15 Å². The average molecular weight is 226 g/mol. The van der Waals surface area contributed by atoms with Crippen molar-refractivity contribution >= 4 is 21.7 Å². The second-order valence-electron chi connectivity index (χ2n) is 3.77. The summed E-state index contributed by atoms with van der Waals surface area (Å²) in [6.45, 7) is 0. The summed E-state index contributed by atoms with van der Waals surface area (Å²) in [6.07, 6.45) is 0. The Morgan fingerprint density at radius 1 is 1.00 bits per heavy atom. The maximum absolute atomic E-state index is 11.9. The van der Waals surface area contributed by atoms with Crippen LogP contribution in [0.1, 0.15) is 0 Å². The van der Waals surface area contributed by atoms with Gasteiger partial charge in [-0.05, 0) is 12.1 Å². The fourth-order valence-corrected chi connectivity index (χ4v) is 2.07. The highest BCUT2D eigenvalue weighted by Crippen LogP contribution is 2.28. The van der Waals surface area contributed by atoms with Crippen LogP contribution in [0.3, 0.4) is 0 Å². The maximum Gasteiger partial charge on any atom is 0.347 e. The first-order valence-corrected chi connectivity index (χ1v) is 5.30. The highest BCUT2D eigenvalue weighted by molar-refractivity contribution is 6.06. The number of hydrogen-bond donors (Lipinski definition) is 0. The third-order valence-electron chi connectivity index (χ3n) is 2.83. The molecule has 3 aromatic rings. The van der Waals surface area contributed by atoms with Crippen LogP contribution in [0.15, 0.2) is 51.7 Å². The summed E-state index contributed by atoms with van der Waals surface area (Å²) in [6, 6.07) is 13.0. The van der Waals surface area contributed by atoms with Gasteiger partial charge in [-0.15, -0.1) is 0 Å². The standard InChI is InChI=1S/C14H10O3/c1-16-12-8-4-6-10-9-5-2-3-7-11(9)17-14(15)13(10)12/h2-8H,1H3. The summed E-state index contributed by atoms with van der Waals surface area (Å²) < 4.78 is 10.5. The molecule has 0 saturated heterocycles. The van der Waals surface area contributed by atoms with Crippen LogP contribution in [0.4, 0.5) is 0 Å². The monoisotopic (exact) mass is 226 g/mol. The third-order valence-corrected chi connectivity index (χ3v) is 2.83. The Balaban J connectivity index is 2.63. The molecule has 2 aromatic carbocycles. The molecule has 0 radical (unpaired) electrons. The van der Waals surface area contributed by atoms with Gasteiger partial charge in [-0.25, -0.2) is 4.79 Å². The van der Waals surface area contributed by atoms with E-state index in [4.69, 9.17) is 9.15 Å². The zero-order valence-corrected chi connectivity index (χ0v) is 9.27. The van der Waals surface area contributed by atoms with Crippen molar-refractivity contribution in [1.82, 2.24) is 0 Å². The number of hydrogen-bond acceptors (Lipinski definition) is 3. The minimum Gasteiger partial charge on any atom is -0.496 e. The van der Waals surface area contributed by atoms with Crippen molar-refractivity contribution in [2.45, 2.75) is 0 Å². The lowest BCUT2D eigenvalue weighted by atomic mass is 10.1. The summed E-state index contributed by atoms with van der Waals surface area (Å²) in [5.41, 5.74) is 0.231. The molecule has 3 heteroatoms. The van der Waals surface area contributed by atoms with Gasteiger partial charge in [-0.1, -0.05) is 30.3 Å². The molecule has 84 valence electrons. The Morgan fingerprint density at radius 2 is 1.76 bits per heavy atom. The molecule has 17 heavy (non-hydrogen) atoms. The first-order valence-electron chi connectivity index (χ1n) is 5.30. The van der Waals surface area contributed by atoms with Crippen LogP contribution >= 0.6 is 0 Å². The normalized spacial score (nSPS) is 10.9. The van der Waals surface area contributed by atoms with Gasteiger partial charge in [0.15, 0.2) is 0 Å². The zero-order valence-electron chi connectivity index (χ0n) is 9.27. The topological polar surface area (TPSA) is 39.4 Å². The van der Waals surface area contributed by atoms with Crippen molar-refractivity contribution in [3.05, 3.63) is 52.9 Å². The van der Waals surface area contributed by atoms with Crippen LogP contribution < -0.4 is 10.4 Å². The molecule has 0 aliphatic heterocycles.